The van der Waals surface area contributed by atoms with E-state index >= 15 is 0 Å². The summed E-state index contributed by atoms with van der Waals surface area (Å²) in [4.78, 5) is 24.0. The minimum Gasteiger partial charge on any atom is -0.299 e. The number of nitrogens with one attached hydrogen (secondary N) is 1. The number of amides is 1. The molecule has 2 aliphatic rings. The standard InChI is InChI=1S/C13H19F2NO9S3/c1-11(2)8-3-4-12(11,9(17)5-8)7-27(21,22)16-10(18)6-26(19,20)13(14,15)28(23,24)25/h8H,3-7H2,1-2H3,(H,16,18)(H,23,24,25). The number of carbonyl (C=O) groups is 2. The zero-order valence-electron chi connectivity index (χ0n) is 14.8. The first-order chi connectivity index (χ1) is 12.3. The Balaban J connectivity index is 2.20. The van der Waals surface area contributed by atoms with Crippen molar-refractivity contribution in [2.75, 3.05) is 11.5 Å². The fourth-order valence-electron chi connectivity index (χ4n) is 4.09. The highest BCUT2D eigenvalue weighted by molar-refractivity contribution is 8.07. The molecule has 162 valence electrons. The number of carbonyl (C=O) groups excluding carboxylic acids is 2. The normalized spacial score (nSPS) is 27.8. The Morgan fingerprint density at radius 3 is 2.14 bits per heavy atom. The lowest BCUT2D eigenvalue weighted by molar-refractivity contribution is -0.128. The zero-order chi connectivity index (χ0) is 22.0. The topological polar surface area (TPSA) is 169 Å². The number of alkyl halides is 2. The number of sulfonamides is 1. The molecular weight excluding hydrogens is 448 g/mol. The molecule has 2 bridgehead atoms. The van der Waals surface area contributed by atoms with Crippen LogP contribution in [0.25, 0.3) is 0 Å². The average Bonchev–Trinajstić information content (AvgIpc) is 2.77. The van der Waals surface area contributed by atoms with Crippen molar-refractivity contribution in [1.29, 1.82) is 0 Å². The Bertz CT molecular complexity index is 1030. The van der Waals surface area contributed by atoms with Crippen molar-refractivity contribution in [1.82, 2.24) is 4.72 Å². The number of hydrogen-bond acceptors (Lipinski definition) is 8. The van der Waals surface area contributed by atoms with Crippen molar-refractivity contribution in [3.05, 3.63) is 0 Å². The van der Waals surface area contributed by atoms with Gasteiger partial charge in [-0.1, -0.05) is 13.8 Å². The van der Waals surface area contributed by atoms with Gasteiger partial charge in [-0.25, -0.2) is 16.8 Å². The van der Waals surface area contributed by atoms with Crippen LogP contribution in [0.2, 0.25) is 0 Å². The van der Waals surface area contributed by atoms with Gasteiger partial charge in [-0.2, -0.15) is 17.2 Å². The second-order valence-corrected chi connectivity index (χ2v) is 13.1. The zero-order valence-corrected chi connectivity index (χ0v) is 17.3. The molecule has 2 unspecified atom stereocenters. The van der Waals surface area contributed by atoms with Crippen molar-refractivity contribution in [2.45, 2.75) is 37.7 Å². The van der Waals surface area contributed by atoms with Crippen molar-refractivity contribution >= 4 is 41.7 Å². The summed E-state index contributed by atoms with van der Waals surface area (Å²) in [6.07, 6.45) is 1.01. The quantitative estimate of drug-likeness (QED) is 0.477. The lowest BCUT2D eigenvalue weighted by Crippen LogP contribution is -2.48. The Morgan fingerprint density at radius 2 is 1.75 bits per heavy atom. The molecule has 15 heteroatoms. The summed E-state index contributed by atoms with van der Waals surface area (Å²) in [5.41, 5.74) is -1.98. The third kappa shape index (κ3) is 3.45. The molecule has 0 aromatic heterocycles. The highest BCUT2D eigenvalue weighted by Gasteiger charge is 2.65. The Kier molecular flexibility index (Phi) is 5.28. The van der Waals surface area contributed by atoms with Gasteiger partial charge < -0.3 is 0 Å². The third-order valence-corrected chi connectivity index (χ3v) is 10.6. The number of Topliss-reactive ketones (excluding diaryl/α,β-unsaturated/α-hetero) is 1. The van der Waals surface area contributed by atoms with Gasteiger partial charge in [-0.3, -0.25) is 18.9 Å². The number of rotatable bonds is 7. The van der Waals surface area contributed by atoms with Crippen LogP contribution in [0.4, 0.5) is 8.78 Å². The predicted molar refractivity (Wildman–Crippen MR) is 90.8 cm³/mol. The molecule has 28 heavy (non-hydrogen) atoms. The van der Waals surface area contributed by atoms with E-state index < -0.39 is 62.8 Å². The maximum atomic E-state index is 13.3. The van der Waals surface area contributed by atoms with Gasteiger partial charge in [-0.15, -0.1) is 0 Å². The predicted octanol–water partition coefficient (Wildman–Crippen LogP) is -0.319. The molecule has 0 saturated heterocycles. The molecule has 2 aliphatic carbocycles. The third-order valence-electron chi connectivity index (χ3n) is 5.83. The van der Waals surface area contributed by atoms with Gasteiger partial charge in [0.2, 0.25) is 25.8 Å². The average molecular weight is 467 g/mol. The van der Waals surface area contributed by atoms with Crippen LogP contribution in [0, 0.1) is 16.7 Å². The van der Waals surface area contributed by atoms with Crippen molar-refractivity contribution in [3.8, 4) is 0 Å². The maximum absolute atomic E-state index is 13.3. The number of hydrogen-bond donors (Lipinski definition) is 2. The van der Waals surface area contributed by atoms with Crippen LogP contribution < -0.4 is 4.72 Å². The molecule has 0 radical (unpaired) electrons. The summed E-state index contributed by atoms with van der Waals surface area (Å²) in [6.45, 7) is 3.42. The van der Waals surface area contributed by atoms with Gasteiger partial charge in [0.15, 0.2) is 0 Å². The van der Waals surface area contributed by atoms with E-state index in [1.54, 1.807) is 13.8 Å². The van der Waals surface area contributed by atoms with E-state index in [4.69, 9.17) is 4.55 Å². The van der Waals surface area contributed by atoms with Gasteiger partial charge in [0.25, 0.3) is 0 Å². The summed E-state index contributed by atoms with van der Waals surface area (Å²) in [5, 5.41) is 0. The van der Waals surface area contributed by atoms with Gasteiger partial charge in [0, 0.05) is 6.42 Å². The Labute approximate surface area is 160 Å². The molecule has 10 nitrogen and oxygen atoms in total. The number of fused-ring (bicyclic) bond motifs is 2. The summed E-state index contributed by atoms with van der Waals surface area (Å²) in [6, 6.07) is 0. The molecule has 2 N–H and O–H groups in total. The molecule has 2 atom stereocenters. The lowest BCUT2D eigenvalue weighted by atomic mass is 9.70. The van der Waals surface area contributed by atoms with E-state index in [1.165, 1.54) is 4.72 Å². The van der Waals surface area contributed by atoms with E-state index in [2.05, 4.69) is 0 Å². The van der Waals surface area contributed by atoms with Crippen molar-refractivity contribution in [3.63, 3.8) is 0 Å². The van der Waals surface area contributed by atoms with E-state index in [1.807, 2.05) is 0 Å². The maximum Gasteiger partial charge on any atom is 0.470 e. The molecular formula is C13H19F2NO9S3. The van der Waals surface area contributed by atoms with Crippen LogP contribution in [-0.4, -0.2) is 57.6 Å². The summed E-state index contributed by atoms with van der Waals surface area (Å²) < 4.78 is 99.1. The fraction of sp³-hybridized carbons (Fsp3) is 0.846. The molecule has 2 rings (SSSR count). The lowest BCUT2D eigenvalue weighted by Gasteiger charge is -2.36. The van der Waals surface area contributed by atoms with Gasteiger partial charge in [0.05, 0.1) is 11.2 Å². The van der Waals surface area contributed by atoms with Crippen LogP contribution >= 0.6 is 0 Å². The van der Waals surface area contributed by atoms with Gasteiger partial charge >= 0.3 is 14.7 Å². The highest BCUT2D eigenvalue weighted by atomic mass is 32.3. The van der Waals surface area contributed by atoms with Crippen LogP contribution in [0.3, 0.4) is 0 Å². The Hall–Kier alpha value is -1.19. The van der Waals surface area contributed by atoms with Crippen LogP contribution in [0.15, 0.2) is 0 Å². The Morgan fingerprint density at radius 1 is 1.21 bits per heavy atom. The van der Waals surface area contributed by atoms with Crippen LogP contribution in [0.1, 0.15) is 33.1 Å². The first kappa shape index (κ1) is 23.1. The molecule has 0 aliphatic heterocycles. The molecule has 1 amide bonds. The first-order valence-electron chi connectivity index (χ1n) is 7.93. The largest absolute Gasteiger partial charge is 0.470 e. The monoisotopic (exact) mass is 467 g/mol. The fourth-order valence-corrected chi connectivity index (χ4v) is 8.04. The number of halogens is 2. The SMILES string of the molecule is CC1(C)C2CCC1(CS(=O)(=O)NC(=O)CS(=O)(=O)C(F)(F)S(=O)(=O)O)C(=O)C2. The number of ketones is 1. The smallest absolute Gasteiger partial charge is 0.299 e. The van der Waals surface area contributed by atoms with E-state index in [9.17, 15) is 43.6 Å². The molecule has 2 fully saturated rings. The minimum atomic E-state index is -6.39. The highest BCUT2D eigenvalue weighted by Crippen LogP contribution is 2.64. The second-order valence-electron chi connectivity index (χ2n) is 7.65. The molecule has 0 aromatic carbocycles. The van der Waals surface area contributed by atoms with Crippen molar-refractivity contribution < 1.29 is 48.2 Å². The van der Waals surface area contributed by atoms with Crippen LogP contribution in [-0.2, 0) is 39.6 Å². The van der Waals surface area contributed by atoms with E-state index in [0.717, 1.165) is 0 Å². The molecule has 0 aromatic rings. The number of sulfone groups is 1. The first-order valence-corrected chi connectivity index (χ1v) is 12.7. The van der Waals surface area contributed by atoms with Crippen molar-refractivity contribution in [2.24, 2.45) is 16.7 Å². The van der Waals surface area contributed by atoms with Crippen LogP contribution in [0.5, 0.6) is 0 Å². The molecule has 0 heterocycles. The molecule has 0 spiro atoms. The second kappa shape index (κ2) is 6.40. The summed E-state index contributed by atoms with van der Waals surface area (Å²) in [5.74, 6) is -5.32. The van der Waals surface area contributed by atoms with Gasteiger partial charge in [0.1, 0.15) is 11.5 Å². The summed E-state index contributed by atoms with van der Waals surface area (Å²) >= 11 is 0. The van der Waals surface area contributed by atoms with E-state index in [0.29, 0.717) is 6.42 Å². The van der Waals surface area contributed by atoms with Gasteiger partial charge in [-0.05, 0) is 24.2 Å². The minimum absolute atomic E-state index is 0.0419. The summed E-state index contributed by atoms with van der Waals surface area (Å²) in [7, 11) is -17.1. The van der Waals surface area contributed by atoms with E-state index in [-0.39, 0.29) is 24.5 Å². The molecule has 2 saturated carbocycles.